The van der Waals surface area contributed by atoms with E-state index in [1.807, 2.05) is 31.1 Å². The molecule has 1 fully saturated rings. The van der Waals surface area contributed by atoms with Gasteiger partial charge < -0.3 is 15.5 Å². The van der Waals surface area contributed by atoms with Crippen LogP contribution in [0.5, 0.6) is 0 Å². The van der Waals surface area contributed by atoms with Gasteiger partial charge >= 0.3 is 0 Å². The van der Waals surface area contributed by atoms with E-state index in [1.54, 1.807) is 6.20 Å². The Morgan fingerprint density at radius 3 is 3.11 bits per heavy atom. The Balaban J connectivity index is 1.82. The number of aromatic nitrogens is 1. The third-order valence-electron chi connectivity index (χ3n) is 3.43. The maximum Gasteiger partial charge on any atom is 0.224 e. The first-order valence-corrected chi connectivity index (χ1v) is 6.79. The maximum atomic E-state index is 11.9. The van der Waals surface area contributed by atoms with Crippen molar-refractivity contribution in [2.45, 2.75) is 19.3 Å². The fraction of sp³-hybridized carbons (Fsp3) is 0.571. The van der Waals surface area contributed by atoms with Crippen molar-refractivity contribution in [3.8, 4) is 0 Å². The smallest absolute Gasteiger partial charge is 0.224 e. The number of carbonyl (C=O) groups is 1. The van der Waals surface area contributed by atoms with E-state index in [4.69, 9.17) is 0 Å². The molecule has 1 amide bonds. The summed E-state index contributed by atoms with van der Waals surface area (Å²) in [5, 5.41) is 6.26. The van der Waals surface area contributed by atoms with E-state index in [-0.39, 0.29) is 5.91 Å². The average Bonchev–Trinajstić information content (AvgIpc) is 2.90. The van der Waals surface area contributed by atoms with Gasteiger partial charge in [0.2, 0.25) is 5.91 Å². The predicted octanol–water partition coefficient (Wildman–Crippen LogP) is 1.48. The molecule has 1 atom stereocenters. The molecule has 104 valence electrons. The summed E-state index contributed by atoms with van der Waals surface area (Å²) >= 11 is 0. The van der Waals surface area contributed by atoms with Crippen LogP contribution in [0.25, 0.3) is 0 Å². The van der Waals surface area contributed by atoms with Crippen LogP contribution in [0.4, 0.5) is 11.5 Å². The number of carbonyl (C=O) groups excluding carboxylic acids is 1. The summed E-state index contributed by atoms with van der Waals surface area (Å²) in [7, 11) is 3.86. The zero-order chi connectivity index (χ0) is 13.7. The highest BCUT2D eigenvalue weighted by Crippen LogP contribution is 2.17. The molecule has 5 nitrogen and oxygen atoms in total. The lowest BCUT2D eigenvalue weighted by Crippen LogP contribution is -2.16. The Bertz CT molecular complexity index is 427. The van der Waals surface area contributed by atoms with Gasteiger partial charge in [0, 0.05) is 38.5 Å². The third-order valence-corrected chi connectivity index (χ3v) is 3.43. The molecule has 1 aliphatic rings. The van der Waals surface area contributed by atoms with Crippen LogP contribution in [0.2, 0.25) is 0 Å². The molecule has 0 radical (unpaired) electrons. The van der Waals surface area contributed by atoms with Gasteiger partial charge in [-0.25, -0.2) is 4.98 Å². The molecule has 2 rings (SSSR count). The normalized spacial score (nSPS) is 18.3. The molecule has 1 unspecified atom stereocenters. The van der Waals surface area contributed by atoms with Gasteiger partial charge in [-0.05, 0) is 37.9 Å². The lowest BCUT2D eigenvalue weighted by atomic mass is 10.0. The van der Waals surface area contributed by atoms with Crippen LogP contribution in [0.1, 0.15) is 19.3 Å². The standard InChI is InChI=1S/C14H22N4O/c1-18(2)13-9-12(6-8-16-13)17-14(19)4-3-11-5-7-15-10-11/h6,8-9,11,15H,3-5,7,10H2,1-2H3,(H,16,17,19). The van der Waals surface area contributed by atoms with E-state index in [0.717, 1.165) is 31.0 Å². The first kappa shape index (κ1) is 13.8. The van der Waals surface area contributed by atoms with Crippen LogP contribution < -0.4 is 15.5 Å². The summed E-state index contributed by atoms with van der Waals surface area (Å²) in [5.41, 5.74) is 0.813. The van der Waals surface area contributed by atoms with Crippen LogP contribution in [-0.2, 0) is 4.79 Å². The second-order valence-electron chi connectivity index (χ2n) is 5.24. The minimum atomic E-state index is 0.0859. The molecule has 1 aliphatic heterocycles. The fourth-order valence-corrected chi connectivity index (χ4v) is 2.26. The van der Waals surface area contributed by atoms with Gasteiger partial charge in [-0.3, -0.25) is 4.79 Å². The van der Waals surface area contributed by atoms with Crippen molar-refractivity contribution in [2.75, 3.05) is 37.4 Å². The summed E-state index contributed by atoms with van der Waals surface area (Å²) in [6.07, 6.45) is 4.45. The molecule has 0 aliphatic carbocycles. The van der Waals surface area contributed by atoms with Crippen molar-refractivity contribution in [2.24, 2.45) is 5.92 Å². The number of amides is 1. The summed E-state index contributed by atoms with van der Waals surface area (Å²) in [4.78, 5) is 18.0. The maximum absolute atomic E-state index is 11.9. The van der Waals surface area contributed by atoms with Gasteiger partial charge in [0.05, 0.1) is 0 Å². The molecule has 0 aromatic carbocycles. The monoisotopic (exact) mass is 262 g/mol. The van der Waals surface area contributed by atoms with Crippen LogP contribution in [-0.4, -0.2) is 38.1 Å². The largest absolute Gasteiger partial charge is 0.363 e. The number of anilines is 2. The molecule has 0 bridgehead atoms. The summed E-state index contributed by atoms with van der Waals surface area (Å²) < 4.78 is 0. The molecular formula is C14H22N4O. The van der Waals surface area contributed by atoms with E-state index in [0.29, 0.717) is 12.3 Å². The molecule has 2 N–H and O–H groups in total. The summed E-state index contributed by atoms with van der Waals surface area (Å²) in [6, 6.07) is 3.71. The Labute approximate surface area is 114 Å². The molecule has 1 saturated heterocycles. The highest BCUT2D eigenvalue weighted by atomic mass is 16.1. The minimum Gasteiger partial charge on any atom is -0.363 e. The molecule has 0 saturated carbocycles. The summed E-state index contributed by atoms with van der Waals surface area (Å²) in [6.45, 7) is 2.14. The number of hydrogen-bond acceptors (Lipinski definition) is 4. The third kappa shape index (κ3) is 4.21. The Morgan fingerprint density at radius 1 is 1.58 bits per heavy atom. The van der Waals surface area contributed by atoms with Crippen LogP contribution in [0, 0.1) is 5.92 Å². The van der Waals surface area contributed by atoms with Gasteiger partial charge in [0.15, 0.2) is 0 Å². The second-order valence-corrected chi connectivity index (χ2v) is 5.24. The highest BCUT2D eigenvalue weighted by Gasteiger charge is 2.15. The van der Waals surface area contributed by atoms with Crippen LogP contribution >= 0.6 is 0 Å². The molecule has 2 heterocycles. The number of nitrogens with one attached hydrogen (secondary N) is 2. The van der Waals surface area contributed by atoms with Gasteiger partial charge in [-0.1, -0.05) is 0 Å². The first-order chi connectivity index (χ1) is 9.15. The topological polar surface area (TPSA) is 57.3 Å². The predicted molar refractivity (Wildman–Crippen MR) is 77.4 cm³/mol. The minimum absolute atomic E-state index is 0.0859. The molecule has 0 spiro atoms. The lowest BCUT2D eigenvalue weighted by molar-refractivity contribution is -0.116. The van der Waals surface area contributed by atoms with Crippen LogP contribution in [0.15, 0.2) is 18.3 Å². The molecule has 5 heteroatoms. The van der Waals surface area contributed by atoms with E-state index < -0.39 is 0 Å². The van der Waals surface area contributed by atoms with Gasteiger partial charge in [0.1, 0.15) is 5.82 Å². The summed E-state index contributed by atoms with van der Waals surface area (Å²) in [5.74, 6) is 1.58. The van der Waals surface area contributed by atoms with E-state index in [2.05, 4.69) is 15.6 Å². The highest BCUT2D eigenvalue weighted by molar-refractivity contribution is 5.91. The van der Waals surface area contributed by atoms with E-state index in [1.165, 1.54) is 6.42 Å². The Hall–Kier alpha value is -1.62. The first-order valence-electron chi connectivity index (χ1n) is 6.79. The number of nitrogens with zero attached hydrogens (tertiary/aromatic N) is 2. The number of hydrogen-bond donors (Lipinski definition) is 2. The van der Waals surface area contributed by atoms with Crippen molar-refractivity contribution >= 4 is 17.4 Å². The number of pyridine rings is 1. The van der Waals surface area contributed by atoms with E-state index in [9.17, 15) is 4.79 Å². The molecule has 1 aromatic rings. The quantitative estimate of drug-likeness (QED) is 0.844. The van der Waals surface area contributed by atoms with Crippen molar-refractivity contribution < 1.29 is 4.79 Å². The second kappa shape index (κ2) is 6.52. The van der Waals surface area contributed by atoms with Crippen LogP contribution in [0.3, 0.4) is 0 Å². The van der Waals surface area contributed by atoms with Crippen molar-refractivity contribution in [3.63, 3.8) is 0 Å². The van der Waals surface area contributed by atoms with Gasteiger partial charge in [-0.2, -0.15) is 0 Å². The fourth-order valence-electron chi connectivity index (χ4n) is 2.26. The SMILES string of the molecule is CN(C)c1cc(NC(=O)CCC2CCNC2)ccn1. The van der Waals surface area contributed by atoms with Gasteiger partial charge in [-0.15, -0.1) is 0 Å². The van der Waals surface area contributed by atoms with Crippen molar-refractivity contribution in [1.82, 2.24) is 10.3 Å². The van der Waals surface area contributed by atoms with Crippen molar-refractivity contribution in [1.29, 1.82) is 0 Å². The zero-order valence-corrected chi connectivity index (χ0v) is 11.6. The average molecular weight is 262 g/mol. The van der Waals surface area contributed by atoms with Gasteiger partial charge in [0.25, 0.3) is 0 Å². The lowest BCUT2D eigenvalue weighted by Gasteiger charge is -2.13. The molecule has 19 heavy (non-hydrogen) atoms. The van der Waals surface area contributed by atoms with E-state index >= 15 is 0 Å². The zero-order valence-electron chi connectivity index (χ0n) is 11.6. The molecular weight excluding hydrogens is 240 g/mol. The number of rotatable bonds is 5. The van der Waals surface area contributed by atoms with Crippen molar-refractivity contribution in [3.05, 3.63) is 18.3 Å². The Kier molecular flexibility index (Phi) is 4.74. The molecule has 1 aromatic heterocycles. The Morgan fingerprint density at radius 2 is 2.42 bits per heavy atom.